The Bertz CT molecular complexity index is 1320. The predicted octanol–water partition coefficient (Wildman–Crippen LogP) is 3.57. The molecule has 1 aliphatic heterocycles. The molecule has 2 heterocycles. The van der Waals surface area contributed by atoms with Gasteiger partial charge in [-0.15, -0.1) is 0 Å². The molecule has 3 aromatic rings. The summed E-state index contributed by atoms with van der Waals surface area (Å²) in [5, 5.41) is 13.5. The highest BCUT2D eigenvalue weighted by atomic mass is 16.7. The van der Waals surface area contributed by atoms with Crippen LogP contribution in [0.2, 0.25) is 0 Å². The number of benzene rings is 2. The van der Waals surface area contributed by atoms with Crippen LogP contribution >= 0.6 is 0 Å². The summed E-state index contributed by atoms with van der Waals surface area (Å²) in [6.45, 7) is 1.49. The summed E-state index contributed by atoms with van der Waals surface area (Å²) in [6.07, 6.45) is -0.238. The second-order valence-corrected chi connectivity index (χ2v) is 7.75. The zero-order valence-corrected chi connectivity index (χ0v) is 19.7. The van der Waals surface area contributed by atoms with E-state index in [4.69, 9.17) is 28.1 Å². The maximum atomic E-state index is 13.2. The first kappa shape index (κ1) is 23.8. The highest BCUT2D eigenvalue weighted by molar-refractivity contribution is 5.92. The maximum absolute atomic E-state index is 13.2. The number of fused-ring (bicyclic) bond motifs is 1. The topological polar surface area (TPSA) is 126 Å². The van der Waals surface area contributed by atoms with Gasteiger partial charge < -0.3 is 38.5 Å². The van der Waals surface area contributed by atoms with E-state index in [-0.39, 0.29) is 41.8 Å². The Hall–Kier alpha value is -4.34. The molecular weight excluding hydrogens is 458 g/mol. The third kappa shape index (κ3) is 4.68. The molecule has 2 N–H and O–H groups in total. The molecule has 0 spiro atoms. The minimum atomic E-state index is -0.976. The second-order valence-electron chi connectivity index (χ2n) is 7.75. The van der Waals surface area contributed by atoms with Gasteiger partial charge in [-0.25, -0.2) is 4.79 Å². The molecule has 0 saturated carbocycles. The fourth-order valence-electron chi connectivity index (χ4n) is 4.05. The third-order valence-corrected chi connectivity index (χ3v) is 5.57. The van der Waals surface area contributed by atoms with Crippen molar-refractivity contribution in [1.82, 2.24) is 0 Å². The molecule has 0 fully saturated rings. The predicted molar refractivity (Wildman–Crippen MR) is 125 cm³/mol. The summed E-state index contributed by atoms with van der Waals surface area (Å²) in [5.41, 5.74) is 0.000294. The summed E-state index contributed by atoms with van der Waals surface area (Å²) in [6, 6.07) is 9.76. The van der Waals surface area contributed by atoms with Crippen molar-refractivity contribution in [2.75, 3.05) is 33.4 Å². The van der Waals surface area contributed by atoms with Gasteiger partial charge in [0.2, 0.25) is 24.2 Å². The van der Waals surface area contributed by atoms with E-state index >= 15 is 0 Å². The van der Waals surface area contributed by atoms with Gasteiger partial charge in [0.1, 0.15) is 17.3 Å². The lowest BCUT2D eigenvalue weighted by atomic mass is 9.87. The molecule has 2 aromatic carbocycles. The molecule has 0 radical (unpaired) electrons. The minimum Gasteiger partial charge on any atom is -0.507 e. The fourth-order valence-corrected chi connectivity index (χ4v) is 4.05. The number of aromatic hydroxyl groups is 1. The third-order valence-electron chi connectivity index (χ3n) is 5.57. The largest absolute Gasteiger partial charge is 0.507 e. The van der Waals surface area contributed by atoms with Gasteiger partial charge in [-0.05, 0) is 25.1 Å². The molecule has 184 valence electrons. The maximum Gasteiger partial charge on any atom is 0.343 e. The van der Waals surface area contributed by atoms with Crippen molar-refractivity contribution in [2.24, 2.45) is 0 Å². The van der Waals surface area contributed by atoms with E-state index in [1.807, 2.05) is 0 Å². The van der Waals surface area contributed by atoms with Gasteiger partial charge in [0.05, 0.1) is 26.9 Å². The van der Waals surface area contributed by atoms with Gasteiger partial charge in [-0.3, -0.25) is 4.79 Å². The molecule has 0 unspecified atom stereocenters. The Morgan fingerprint density at radius 1 is 1.09 bits per heavy atom. The van der Waals surface area contributed by atoms with Gasteiger partial charge in [0.15, 0.2) is 11.5 Å². The van der Waals surface area contributed by atoms with E-state index in [0.717, 1.165) is 0 Å². The van der Waals surface area contributed by atoms with Crippen molar-refractivity contribution in [1.29, 1.82) is 0 Å². The van der Waals surface area contributed by atoms with Crippen LogP contribution in [-0.4, -0.2) is 39.1 Å². The Kier molecular flexibility index (Phi) is 6.72. The van der Waals surface area contributed by atoms with Crippen LogP contribution in [0.25, 0.3) is 0 Å². The number of rotatable bonds is 8. The SMILES string of the molecule is COc1cccc(NC(=O)C[C@@H](c2cc(OC)c3c(c2OC)OCO3)c2c(O)cc(C)oc2=O)c1. The number of ether oxygens (including phenoxy) is 5. The molecule has 0 bridgehead atoms. The molecule has 0 aliphatic carbocycles. The number of hydrogen-bond donors (Lipinski definition) is 2. The van der Waals surface area contributed by atoms with Crippen LogP contribution in [0.1, 0.15) is 29.2 Å². The standard InChI is InChI=1S/C25H25NO9/c1-13-8-18(27)21(25(29)35-13)16(11-20(28)26-14-6-5-7-15(9-14)30-2)17-10-19(31-3)23-24(22(17)32-4)34-12-33-23/h5-10,16,27H,11-12H2,1-4H3,(H,26,28)/t16-/m0/s1. The zero-order chi connectivity index (χ0) is 25.1. The number of anilines is 1. The van der Waals surface area contributed by atoms with Crippen LogP contribution < -0.4 is 34.6 Å². The Labute approximate surface area is 200 Å². The van der Waals surface area contributed by atoms with Crippen LogP contribution in [0, 0.1) is 6.92 Å². The summed E-state index contributed by atoms with van der Waals surface area (Å²) < 4.78 is 32.6. The van der Waals surface area contributed by atoms with Crippen molar-refractivity contribution in [2.45, 2.75) is 19.3 Å². The molecule has 1 atom stereocenters. The van der Waals surface area contributed by atoms with Gasteiger partial charge in [0, 0.05) is 35.7 Å². The van der Waals surface area contributed by atoms with Crippen LogP contribution in [0.15, 0.2) is 45.6 Å². The number of aryl methyl sites for hydroxylation is 1. The monoisotopic (exact) mass is 483 g/mol. The molecule has 10 nitrogen and oxygen atoms in total. The first-order valence-corrected chi connectivity index (χ1v) is 10.7. The van der Waals surface area contributed by atoms with Gasteiger partial charge in [-0.2, -0.15) is 0 Å². The Morgan fingerprint density at radius 3 is 2.54 bits per heavy atom. The van der Waals surface area contributed by atoms with Crippen molar-refractivity contribution >= 4 is 11.6 Å². The van der Waals surface area contributed by atoms with E-state index in [1.54, 1.807) is 37.3 Å². The van der Waals surface area contributed by atoms with E-state index in [1.165, 1.54) is 27.4 Å². The summed E-state index contributed by atoms with van der Waals surface area (Å²) in [4.78, 5) is 26.0. The second kappa shape index (κ2) is 9.88. The average Bonchev–Trinajstić information content (AvgIpc) is 3.31. The van der Waals surface area contributed by atoms with E-state index in [0.29, 0.717) is 28.5 Å². The first-order valence-electron chi connectivity index (χ1n) is 10.7. The lowest BCUT2D eigenvalue weighted by Gasteiger charge is -2.22. The van der Waals surface area contributed by atoms with Gasteiger partial charge >= 0.3 is 5.63 Å². The highest BCUT2D eigenvalue weighted by Gasteiger charge is 2.34. The van der Waals surface area contributed by atoms with E-state index in [9.17, 15) is 14.7 Å². The minimum absolute atomic E-state index is 0.0512. The van der Waals surface area contributed by atoms with Crippen LogP contribution in [0.4, 0.5) is 5.69 Å². The molecular formula is C25H25NO9. The van der Waals surface area contributed by atoms with Crippen LogP contribution in [-0.2, 0) is 4.79 Å². The molecule has 1 aliphatic rings. The number of nitrogens with one attached hydrogen (secondary N) is 1. The normalized spacial score (nSPS) is 12.7. The number of amides is 1. The van der Waals surface area contributed by atoms with Crippen molar-refractivity contribution < 1.29 is 38.0 Å². The van der Waals surface area contributed by atoms with Crippen molar-refractivity contribution in [3.8, 4) is 34.5 Å². The van der Waals surface area contributed by atoms with E-state index < -0.39 is 17.5 Å². The number of carbonyl (C=O) groups excluding carboxylic acids is 1. The average molecular weight is 483 g/mol. The number of methoxy groups -OCH3 is 3. The molecule has 1 amide bonds. The quantitative estimate of drug-likeness (QED) is 0.494. The first-order chi connectivity index (χ1) is 16.9. The lowest BCUT2D eigenvalue weighted by molar-refractivity contribution is -0.116. The smallest absolute Gasteiger partial charge is 0.343 e. The summed E-state index contributed by atoms with van der Waals surface area (Å²) >= 11 is 0. The fraction of sp³-hybridized carbons (Fsp3) is 0.280. The van der Waals surface area contributed by atoms with E-state index in [2.05, 4.69) is 5.32 Å². The highest BCUT2D eigenvalue weighted by Crippen LogP contribution is 2.52. The van der Waals surface area contributed by atoms with Gasteiger partial charge in [0.25, 0.3) is 0 Å². The van der Waals surface area contributed by atoms with Crippen molar-refractivity contribution in [3.05, 3.63) is 63.7 Å². The van der Waals surface area contributed by atoms with Crippen LogP contribution in [0.3, 0.4) is 0 Å². The van der Waals surface area contributed by atoms with Crippen LogP contribution in [0.5, 0.6) is 34.5 Å². The number of carbonyl (C=O) groups is 1. The summed E-state index contributed by atoms with van der Waals surface area (Å²) in [7, 11) is 4.41. The Morgan fingerprint density at radius 2 is 1.86 bits per heavy atom. The molecule has 4 rings (SSSR count). The van der Waals surface area contributed by atoms with Crippen molar-refractivity contribution in [3.63, 3.8) is 0 Å². The summed E-state index contributed by atoms with van der Waals surface area (Å²) in [5.74, 6) is 0.265. The molecule has 35 heavy (non-hydrogen) atoms. The lowest BCUT2D eigenvalue weighted by Crippen LogP contribution is -2.21. The Balaban J connectivity index is 1.82. The zero-order valence-electron chi connectivity index (χ0n) is 19.7. The number of hydrogen-bond acceptors (Lipinski definition) is 9. The molecule has 0 saturated heterocycles. The molecule has 1 aromatic heterocycles. The molecule has 10 heteroatoms. The van der Waals surface area contributed by atoms with Gasteiger partial charge in [-0.1, -0.05) is 6.07 Å².